The number of hydrogen-bond acceptors (Lipinski definition) is 16. The molecule has 8 aromatic rings. The first kappa shape index (κ1) is 65.7. The third-order valence-corrected chi connectivity index (χ3v) is 14.3. The van der Waals surface area contributed by atoms with Crippen molar-refractivity contribution >= 4 is 118 Å². The number of rotatable bonds is 26. The van der Waals surface area contributed by atoms with Crippen molar-refractivity contribution in [1.82, 2.24) is 9.97 Å². The van der Waals surface area contributed by atoms with Crippen LogP contribution in [0.5, 0.6) is 46.0 Å². The molecule has 4 amide bonds. The number of carbonyl (C=O) groups excluding carboxylic acids is 6. The number of nitrogens with zero attached hydrogens (tertiary/aromatic N) is 2. The van der Waals surface area contributed by atoms with Gasteiger partial charge in [0.15, 0.2) is 46.1 Å². The maximum atomic E-state index is 15.2. The number of aliphatic carboxylic acids is 2. The van der Waals surface area contributed by atoms with Crippen LogP contribution >= 0.6 is 0 Å². The van der Waals surface area contributed by atoms with E-state index in [2.05, 4.69) is 31.2 Å². The molecule has 0 bridgehead atoms. The van der Waals surface area contributed by atoms with Gasteiger partial charge in [-0.05, 0) is 161 Å². The first-order chi connectivity index (χ1) is 42.4. The van der Waals surface area contributed by atoms with Gasteiger partial charge in [0.2, 0.25) is 23.6 Å². The molecule has 6 aromatic carbocycles. The smallest absolute Gasteiger partial charge is 0.550 e. The summed E-state index contributed by atoms with van der Waals surface area (Å²) < 4.78 is 90.8. The number of anilines is 4. The molecule has 0 atom stereocenters. The van der Waals surface area contributed by atoms with E-state index in [9.17, 15) is 47.8 Å². The molecular formula is C64H56CaF4N6O14. The number of carboxylic acids is 2. The summed E-state index contributed by atoms with van der Waals surface area (Å²) in [5, 5.41) is 32.7. The first-order valence-corrected chi connectivity index (χ1v) is 27.7. The third-order valence-electron chi connectivity index (χ3n) is 14.3. The van der Waals surface area contributed by atoms with Crippen LogP contribution < -0.4 is 59.9 Å². The number of halogens is 4. The standard InChI is InChI=1S/2C32H29F2N3O7.Ca/c2*1-42-27-17-22-24(18-28(27)43-15-3-2-4-29(38)39)35-14-11-25(22)44-26-10-9-21(16-23(26)34)37-31(41)32(12-13-32)30(40)36-20-7-5-19(33)6-8-20;/h2*5-11,14,16-18H,2-4,12-13,15H2,1H3,(H,36,40)(H,37,41)(H,38,39);/q;;+2/p-2. The molecule has 0 aliphatic heterocycles. The minimum absolute atomic E-state index is 0. The normalized spacial score (nSPS) is 13.0. The molecule has 456 valence electrons. The van der Waals surface area contributed by atoms with E-state index in [0.717, 1.165) is 12.1 Å². The summed E-state index contributed by atoms with van der Waals surface area (Å²) in [7, 11) is 2.93. The van der Waals surface area contributed by atoms with E-state index >= 15 is 8.78 Å². The minimum Gasteiger partial charge on any atom is -0.550 e. The van der Waals surface area contributed by atoms with Gasteiger partial charge in [0.1, 0.15) is 34.0 Å². The van der Waals surface area contributed by atoms with Crippen LogP contribution in [0.1, 0.15) is 64.2 Å². The zero-order valence-corrected chi connectivity index (χ0v) is 50.2. The van der Waals surface area contributed by atoms with Crippen LogP contribution in [-0.2, 0) is 28.8 Å². The second kappa shape index (κ2) is 29.6. The van der Waals surface area contributed by atoms with E-state index in [1.54, 1.807) is 36.4 Å². The molecule has 2 aromatic heterocycles. The zero-order valence-electron chi connectivity index (χ0n) is 48.0. The summed E-state index contributed by atoms with van der Waals surface area (Å²) in [6, 6.07) is 27.9. The van der Waals surface area contributed by atoms with E-state index in [-0.39, 0.29) is 86.7 Å². The van der Waals surface area contributed by atoms with Gasteiger partial charge in [0.05, 0.1) is 38.5 Å². The monoisotopic (exact) mass is 1250 g/mol. The molecule has 0 spiro atoms. The van der Waals surface area contributed by atoms with Crippen LogP contribution in [-0.4, -0.2) is 111 Å². The quantitative estimate of drug-likeness (QED) is 0.0170. The molecule has 4 N–H and O–H groups in total. The number of unbranched alkanes of at least 4 members (excludes halogenated alkanes) is 2. The molecule has 2 aliphatic carbocycles. The van der Waals surface area contributed by atoms with Crippen LogP contribution in [0.3, 0.4) is 0 Å². The molecule has 2 heterocycles. The number of benzene rings is 6. The molecule has 10 rings (SSSR count). The summed E-state index contributed by atoms with van der Waals surface area (Å²) in [5.41, 5.74) is -0.608. The number of hydrogen-bond donors (Lipinski definition) is 4. The van der Waals surface area contributed by atoms with Crippen LogP contribution in [0, 0.1) is 34.1 Å². The largest absolute Gasteiger partial charge is 2.00 e. The molecule has 2 fully saturated rings. The number of fused-ring (bicyclic) bond motifs is 2. The van der Waals surface area contributed by atoms with Crippen molar-refractivity contribution in [2.75, 3.05) is 48.7 Å². The SMILES string of the molecule is COc1cc2c(Oc3ccc(NC(=O)C4(C(=O)Nc5ccc(F)cc5)CC4)cc3F)ccnc2cc1OCCCCC(=O)[O-].COc1cc2c(Oc3ccc(NC(=O)C4(C(=O)Nc5ccc(F)cc5)CC4)cc3F)ccnc2cc1OCCCCC(=O)[O-].[Ca+2]. The summed E-state index contributed by atoms with van der Waals surface area (Å²) in [6.07, 6.45) is 6.00. The van der Waals surface area contributed by atoms with Crippen molar-refractivity contribution in [3.8, 4) is 46.0 Å². The van der Waals surface area contributed by atoms with Crippen molar-refractivity contribution in [3.63, 3.8) is 0 Å². The fraction of sp³-hybridized carbons (Fsp3) is 0.250. The van der Waals surface area contributed by atoms with Gasteiger partial charge in [-0.2, -0.15) is 0 Å². The Morgan fingerprint density at radius 2 is 0.787 bits per heavy atom. The van der Waals surface area contributed by atoms with Gasteiger partial charge in [-0.25, -0.2) is 17.6 Å². The Balaban J connectivity index is 0.000000228. The Kier molecular flexibility index (Phi) is 21.9. The van der Waals surface area contributed by atoms with Gasteiger partial charge >= 0.3 is 37.7 Å². The van der Waals surface area contributed by atoms with Crippen LogP contribution in [0.2, 0.25) is 0 Å². The molecule has 2 aliphatic rings. The average Bonchev–Trinajstić information content (AvgIpc) is 1.96. The summed E-state index contributed by atoms with van der Waals surface area (Å²) in [5.74, 6) is -4.90. The Bertz CT molecular complexity index is 3680. The topological polar surface area (TPSA) is 278 Å². The van der Waals surface area contributed by atoms with E-state index < -0.39 is 69.7 Å². The summed E-state index contributed by atoms with van der Waals surface area (Å²) >= 11 is 0. The fourth-order valence-electron chi connectivity index (χ4n) is 9.08. The number of pyridine rings is 2. The molecule has 25 heteroatoms. The molecule has 2 saturated carbocycles. The number of aromatic nitrogens is 2. The van der Waals surface area contributed by atoms with Gasteiger partial charge in [-0.1, -0.05) is 0 Å². The van der Waals surface area contributed by atoms with Gasteiger partial charge in [0.25, 0.3) is 0 Å². The molecule has 0 unspecified atom stereocenters. The summed E-state index contributed by atoms with van der Waals surface area (Å²) in [6.45, 7) is 0.527. The third kappa shape index (κ3) is 16.7. The number of carbonyl (C=O) groups is 6. The van der Waals surface area contributed by atoms with E-state index in [4.69, 9.17) is 28.4 Å². The predicted molar refractivity (Wildman–Crippen MR) is 315 cm³/mol. The molecule has 89 heavy (non-hydrogen) atoms. The van der Waals surface area contributed by atoms with Crippen molar-refractivity contribution in [1.29, 1.82) is 0 Å². The number of nitrogens with one attached hydrogen (secondary N) is 4. The van der Waals surface area contributed by atoms with Gasteiger partial charge in [0, 0.05) is 82.1 Å². The van der Waals surface area contributed by atoms with Crippen molar-refractivity contribution in [2.45, 2.75) is 64.2 Å². The Morgan fingerprint density at radius 1 is 0.438 bits per heavy atom. The molecule has 0 radical (unpaired) electrons. The number of carboxylic acid groups (broad SMARTS) is 2. The molecular weight excluding hydrogens is 1190 g/mol. The second-order valence-corrected chi connectivity index (χ2v) is 20.5. The van der Waals surface area contributed by atoms with Gasteiger partial charge < -0.3 is 69.5 Å². The number of amides is 4. The maximum Gasteiger partial charge on any atom is 2.00 e. The minimum atomic E-state index is -1.30. The Hall–Kier alpha value is -9.26. The zero-order chi connectivity index (χ0) is 62.5. The van der Waals surface area contributed by atoms with Gasteiger partial charge in [-0.15, -0.1) is 0 Å². The fourth-order valence-corrected chi connectivity index (χ4v) is 9.08. The van der Waals surface area contributed by atoms with E-state index in [0.29, 0.717) is 119 Å². The van der Waals surface area contributed by atoms with Crippen molar-refractivity contribution in [2.24, 2.45) is 10.8 Å². The average molecular weight is 1250 g/mol. The van der Waals surface area contributed by atoms with Crippen LogP contribution in [0.4, 0.5) is 40.3 Å². The van der Waals surface area contributed by atoms with Crippen LogP contribution in [0.15, 0.2) is 134 Å². The summed E-state index contributed by atoms with van der Waals surface area (Å²) in [4.78, 5) is 81.4. The van der Waals surface area contributed by atoms with Crippen molar-refractivity contribution < 1.29 is 85.0 Å². The first-order valence-electron chi connectivity index (χ1n) is 27.7. The second-order valence-electron chi connectivity index (χ2n) is 20.5. The van der Waals surface area contributed by atoms with Crippen LogP contribution in [0.25, 0.3) is 21.8 Å². The number of methoxy groups -OCH3 is 2. The van der Waals surface area contributed by atoms with Gasteiger partial charge in [-0.3, -0.25) is 29.1 Å². The van der Waals surface area contributed by atoms with E-state index in [1.165, 1.54) is 99.4 Å². The number of ether oxygens (including phenoxy) is 6. The van der Waals surface area contributed by atoms with E-state index in [1.807, 2.05) is 0 Å². The predicted octanol–water partition coefficient (Wildman–Crippen LogP) is 9.56. The molecule has 20 nitrogen and oxygen atoms in total. The Morgan fingerprint density at radius 3 is 1.11 bits per heavy atom. The maximum absolute atomic E-state index is 15.2. The molecule has 0 saturated heterocycles. The van der Waals surface area contributed by atoms with Crippen molar-refractivity contribution in [3.05, 3.63) is 157 Å². The Labute approximate surface area is 536 Å².